The molecule has 0 saturated heterocycles. The molecule has 8 nitrogen and oxygen atoms in total. The highest BCUT2D eigenvalue weighted by molar-refractivity contribution is 7.47. The van der Waals surface area contributed by atoms with E-state index >= 15 is 0 Å². The number of carbonyl (C=O) groups is 1. The van der Waals surface area contributed by atoms with Crippen molar-refractivity contribution in [1.29, 1.82) is 0 Å². The zero-order valence-corrected chi connectivity index (χ0v) is 41.2. The molecule has 0 aliphatic heterocycles. The number of hydrogen-bond donors (Lipinski definition) is 3. The van der Waals surface area contributed by atoms with E-state index in [1.165, 1.54) is 199 Å². The maximum Gasteiger partial charge on any atom is 0.472 e. The van der Waals surface area contributed by atoms with Gasteiger partial charge in [-0.25, -0.2) is 4.57 Å². The number of carbonyl (C=O) groups excluding carboxylic acids is 1. The van der Waals surface area contributed by atoms with Gasteiger partial charge >= 0.3 is 7.82 Å². The van der Waals surface area contributed by atoms with E-state index in [0.29, 0.717) is 23.9 Å². The number of quaternary nitrogens is 1. The summed E-state index contributed by atoms with van der Waals surface area (Å²) in [5.74, 6) is -0.138. The van der Waals surface area contributed by atoms with Crippen molar-refractivity contribution in [3.05, 3.63) is 0 Å². The van der Waals surface area contributed by atoms with Crippen molar-refractivity contribution >= 4 is 13.7 Å². The summed E-state index contributed by atoms with van der Waals surface area (Å²) in [6.07, 6.45) is 48.5. The molecule has 59 heavy (non-hydrogen) atoms. The first-order valence-corrected chi connectivity index (χ1v) is 27.4. The Balaban J connectivity index is 4.21. The summed E-state index contributed by atoms with van der Waals surface area (Å²) in [5.41, 5.74) is 0. The Labute approximate surface area is 368 Å². The number of hydrogen-bond acceptors (Lipinski definition) is 5. The molecule has 3 unspecified atom stereocenters. The van der Waals surface area contributed by atoms with Gasteiger partial charge in [0.05, 0.1) is 39.9 Å². The van der Waals surface area contributed by atoms with Gasteiger partial charge in [0, 0.05) is 6.42 Å². The van der Waals surface area contributed by atoms with Gasteiger partial charge in [-0.15, -0.1) is 0 Å². The van der Waals surface area contributed by atoms with Crippen molar-refractivity contribution < 1.29 is 32.9 Å². The van der Waals surface area contributed by atoms with Crippen molar-refractivity contribution in [2.45, 2.75) is 276 Å². The van der Waals surface area contributed by atoms with Gasteiger partial charge in [-0.05, 0) is 12.8 Å². The Kier molecular flexibility index (Phi) is 42.4. The molecule has 0 aromatic rings. The van der Waals surface area contributed by atoms with E-state index in [4.69, 9.17) is 9.05 Å². The summed E-state index contributed by atoms with van der Waals surface area (Å²) < 4.78 is 23.7. The third-order valence-corrected chi connectivity index (χ3v) is 13.1. The van der Waals surface area contributed by atoms with Crippen LogP contribution in [0.5, 0.6) is 0 Å². The van der Waals surface area contributed by atoms with Crippen LogP contribution < -0.4 is 5.32 Å². The minimum Gasteiger partial charge on any atom is -0.391 e. The zero-order chi connectivity index (χ0) is 43.6. The number of nitrogens with zero attached hydrogens (tertiary/aromatic N) is 1. The van der Waals surface area contributed by atoms with E-state index in [9.17, 15) is 19.4 Å². The molecule has 0 rings (SSSR count). The molecule has 0 aliphatic rings. The standard InChI is InChI=1S/C50H103N2O6P/c1-6-8-10-12-14-16-18-20-22-24-25-26-28-30-32-34-36-38-40-42-44-50(54)51-48(47-58-59(55,56)57-46-45-52(3,4)5)49(53)43-41-39-37-35-33-31-29-27-23-21-19-17-15-13-11-9-7-2/h48-49,53H,6-47H2,1-5H3,(H-,51,54,55,56)/p+1. The average molecular weight is 860 g/mol. The van der Waals surface area contributed by atoms with Crippen molar-refractivity contribution in [1.82, 2.24) is 5.32 Å². The third-order valence-electron chi connectivity index (χ3n) is 12.1. The van der Waals surface area contributed by atoms with Crippen LogP contribution in [0.4, 0.5) is 0 Å². The molecule has 0 spiro atoms. The van der Waals surface area contributed by atoms with Crippen molar-refractivity contribution in [3.63, 3.8) is 0 Å². The van der Waals surface area contributed by atoms with Gasteiger partial charge in [0.15, 0.2) is 0 Å². The van der Waals surface area contributed by atoms with Crippen LogP contribution in [0.2, 0.25) is 0 Å². The average Bonchev–Trinajstić information content (AvgIpc) is 3.19. The first-order valence-electron chi connectivity index (χ1n) is 25.9. The maximum atomic E-state index is 12.9. The summed E-state index contributed by atoms with van der Waals surface area (Å²) in [7, 11) is 1.63. The lowest BCUT2D eigenvalue weighted by atomic mass is 10.0. The smallest absolute Gasteiger partial charge is 0.391 e. The molecule has 0 fully saturated rings. The van der Waals surface area contributed by atoms with E-state index in [1.807, 2.05) is 21.1 Å². The quantitative estimate of drug-likeness (QED) is 0.0320. The van der Waals surface area contributed by atoms with Crippen LogP contribution in [-0.4, -0.2) is 73.4 Å². The van der Waals surface area contributed by atoms with Gasteiger partial charge in [-0.3, -0.25) is 13.8 Å². The van der Waals surface area contributed by atoms with Crippen LogP contribution in [0.15, 0.2) is 0 Å². The Bertz CT molecular complexity index is 932. The molecule has 0 aliphatic carbocycles. The number of likely N-dealkylation sites (N-methyl/N-ethyl adjacent to an activating group) is 1. The number of nitrogens with one attached hydrogen (secondary N) is 1. The van der Waals surface area contributed by atoms with E-state index in [-0.39, 0.29) is 19.1 Å². The lowest BCUT2D eigenvalue weighted by Crippen LogP contribution is -2.46. The Morgan fingerprint density at radius 1 is 0.508 bits per heavy atom. The van der Waals surface area contributed by atoms with E-state index in [1.54, 1.807) is 0 Å². The van der Waals surface area contributed by atoms with Gasteiger partial charge < -0.3 is 19.8 Å². The van der Waals surface area contributed by atoms with Crippen LogP contribution in [0.25, 0.3) is 0 Å². The SMILES string of the molecule is CCCCCCCCCCCCCCCCCCCCCCC(=O)NC(COP(=O)(O)OCC[N+](C)(C)C)C(O)CCCCCCCCCCCCCCCCCCC. The largest absolute Gasteiger partial charge is 0.472 e. The first-order chi connectivity index (χ1) is 28.5. The normalized spacial score (nSPS) is 14.1. The highest BCUT2D eigenvalue weighted by Gasteiger charge is 2.28. The summed E-state index contributed by atoms with van der Waals surface area (Å²) in [4.78, 5) is 23.2. The molecule has 0 aromatic heterocycles. The molecule has 0 bridgehead atoms. The molecule has 0 aromatic carbocycles. The monoisotopic (exact) mass is 860 g/mol. The minimum atomic E-state index is -4.31. The lowest BCUT2D eigenvalue weighted by molar-refractivity contribution is -0.870. The molecular formula is C50H104N2O6P+. The second-order valence-corrected chi connectivity index (χ2v) is 20.7. The molecule has 0 radical (unpaired) electrons. The minimum absolute atomic E-state index is 0.0789. The van der Waals surface area contributed by atoms with Crippen LogP contribution in [0.1, 0.15) is 264 Å². The summed E-state index contributed by atoms with van der Waals surface area (Å²) in [5, 5.41) is 14.0. The Hall–Kier alpha value is -0.500. The first kappa shape index (κ1) is 58.5. The summed E-state index contributed by atoms with van der Waals surface area (Å²) >= 11 is 0. The Morgan fingerprint density at radius 2 is 0.814 bits per heavy atom. The second-order valence-electron chi connectivity index (χ2n) is 19.3. The van der Waals surface area contributed by atoms with Gasteiger partial charge in [0.25, 0.3) is 0 Å². The van der Waals surface area contributed by atoms with Crippen molar-refractivity contribution in [2.24, 2.45) is 0 Å². The Morgan fingerprint density at radius 3 is 1.14 bits per heavy atom. The highest BCUT2D eigenvalue weighted by Crippen LogP contribution is 2.43. The van der Waals surface area contributed by atoms with Crippen LogP contribution in [0, 0.1) is 0 Å². The van der Waals surface area contributed by atoms with Crippen LogP contribution in [-0.2, 0) is 18.4 Å². The summed E-state index contributed by atoms with van der Waals surface area (Å²) in [6, 6.07) is -0.754. The molecule has 3 N–H and O–H groups in total. The van der Waals surface area contributed by atoms with Gasteiger partial charge in [-0.1, -0.05) is 245 Å². The fourth-order valence-electron chi connectivity index (χ4n) is 7.99. The fourth-order valence-corrected chi connectivity index (χ4v) is 8.73. The number of aliphatic hydroxyl groups excluding tert-OH is 1. The second kappa shape index (κ2) is 42.8. The van der Waals surface area contributed by atoms with Crippen molar-refractivity contribution in [3.8, 4) is 0 Å². The molecule has 1 amide bonds. The number of aliphatic hydroxyl groups is 1. The lowest BCUT2D eigenvalue weighted by Gasteiger charge is -2.26. The van der Waals surface area contributed by atoms with Gasteiger partial charge in [0.2, 0.25) is 5.91 Å². The number of phosphoric acid groups is 1. The van der Waals surface area contributed by atoms with E-state index in [2.05, 4.69) is 19.2 Å². The fraction of sp³-hybridized carbons (Fsp3) is 0.980. The van der Waals surface area contributed by atoms with E-state index in [0.717, 1.165) is 38.5 Å². The number of unbranched alkanes of at least 4 members (excludes halogenated alkanes) is 35. The predicted molar refractivity (Wildman–Crippen MR) is 254 cm³/mol. The predicted octanol–water partition coefficient (Wildman–Crippen LogP) is 14.9. The van der Waals surface area contributed by atoms with Crippen molar-refractivity contribution in [2.75, 3.05) is 40.9 Å². The zero-order valence-electron chi connectivity index (χ0n) is 40.3. The van der Waals surface area contributed by atoms with Crippen LogP contribution in [0.3, 0.4) is 0 Å². The molecule has 354 valence electrons. The molecule has 9 heteroatoms. The van der Waals surface area contributed by atoms with Crippen LogP contribution >= 0.6 is 7.82 Å². The highest BCUT2D eigenvalue weighted by atomic mass is 31.2. The van der Waals surface area contributed by atoms with E-state index < -0.39 is 20.0 Å². The van der Waals surface area contributed by atoms with Gasteiger partial charge in [0.1, 0.15) is 13.2 Å². The topological polar surface area (TPSA) is 105 Å². The number of rotatable bonds is 48. The van der Waals surface area contributed by atoms with Gasteiger partial charge in [-0.2, -0.15) is 0 Å². The molecular weight excluding hydrogens is 756 g/mol. The molecule has 0 saturated carbocycles. The third kappa shape index (κ3) is 45.3. The number of amides is 1. The summed E-state index contributed by atoms with van der Waals surface area (Å²) in [6.45, 7) is 4.93. The molecule has 0 heterocycles. The number of phosphoric ester groups is 1. The maximum absolute atomic E-state index is 12.9. The molecule has 3 atom stereocenters.